The number of benzene rings is 1. The largest absolute Gasteiger partial charge is 1.00 e. The van der Waals surface area contributed by atoms with Crippen molar-refractivity contribution in [1.82, 2.24) is 4.72 Å². The Kier molecular flexibility index (Phi) is 10.8. The summed E-state index contributed by atoms with van der Waals surface area (Å²) in [6.45, 7) is -2.03. The predicted molar refractivity (Wildman–Crippen MR) is 90.8 cm³/mol. The minimum Gasteiger partial charge on any atom is -0.744 e. The molecule has 1 N–H and O–H groups in total. The molecular formula is C15H7F17NNaO5S2. The molecule has 41 heavy (non-hydrogen) atoms. The maximum atomic E-state index is 14.0. The zero-order valence-electron chi connectivity index (χ0n) is 18.8. The van der Waals surface area contributed by atoms with Gasteiger partial charge in [0.25, 0.3) is 10.0 Å². The molecule has 0 saturated heterocycles. The average molecular weight is 691 g/mol. The summed E-state index contributed by atoms with van der Waals surface area (Å²) in [5.41, 5.74) is -1.20. The number of alkyl halides is 17. The molecule has 0 aliphatic carbocycles. The number of nitrogens with one attached hydrogen (secondary N) is 1. The van der Waals surface area contributed by atoms with E-state index in [2.05, 4.69) is 0 Å². The summed E-state index contributed by atoms with van der Waals surface area (Å²) >= 11 is 0. The van der Waals surface area contributed by atoms with E-state index in [0.717, 1.165) is 12.1 Å². The van der Waals surface area contributed by atoms with E-state index in [1.165, 1.54) is 0 Å². The second-order valence-electron chi connectivity index (χ2n) is 7.35. The second kappa shape index (κ2) is 11.1. The molecule has 0 aromatic heterocycles. The summed E-state index contributed by atoms with van der Waals surface area (Å²) in [5.74, 6) is -52.4. The van der Waals surface area contributed by atoms with Crippen molar-refractivity contribution in [3.05, 3.63) is 29.8 Å². The van der Waals surface area contributed by atoms with E-state index in [1.807, 2.05) is 0 Å². The van der Waals surface area contributed by atoms with Crippen LogP contribution in [0, 0.1) is 0 Å². The zero-order chi connectivity index (χ0) is 32.4. The monoisotopic (exact) mass is 691 g/mol. The van der Waals surface area contributed by atoms with Crippen molar-refractivity contribution in [3.63, 3.8) is 0 Å². The standard InChI is InChI=1S/C15H8F17NO5S2.Na/c16-8(17,10(20,21)12(24,25)14(28,29)30)9(18,19)11(22,23)13(26,27)15(31,32)40(37,38)33-5-6-3-1-2-4-7(6)39(34,35)36;/h1-4,33H,5H2,(H,34,35,36);/q;+1/p-1. The van der Waals surface area contributed by atoms with Gasteiger partial charge in [0.15, 0.2) is 0 Å². The van der Waals surface area contributed by atoms with Gasteiger partial charge in [0, 0.05) is 6.54 Å². The van der Waals surface area contributed by atoms with Crippen LogP contribution in [0.25, 0.3) is 0 Å². The summed E-state index contributed by atoms with van der Waals surface area (Å²) in [5, 5.41) is -7.82. The SMILES string of the molecule is O=S(=O)([O-])c1ccccc1CNS(=O)(=O)C(F)(F)C(F)(F)C(F)(F)C(F)(F)C(F)(F)C(F)(F)C(F)(F)C(F)(F)F.[Na+]. The minimum atomic E-state index is -8.98. The van der Waals surface area contributed by atoms with Crippen molar-refractivity contribution in [2.75, 3.05) is 0 Å². The molecule has 0 saturated carbocycles. The van der Waals surface area contributed by atoms with E-state index in [1.54, 1.807) is 0 Å². The van der Waals surface area contributed by atoms with Crippen molar-refractivity contribution in [2.24, 2.45) is 0 Å². The summed E-state index contributed by atoms with van der Waals surface area (Å²) in [6.07, 6.45) is -7.95. The number of hydrogen-bond donors (Lipinski definition) is 1. The smallest absolute Gasteiger partial charge is 0.744 e. The molecule has 0 amide bonds. The summed E-state index contributed by atoms with van der Waals surface area (Å²) < 4.78 is 282. The number of rotatable bonds is 11. The van der Waals surface area contributed by atoms with Crippen LogP contribution >= 0.6 is 0 Å². The predicted octanol–water partition coefficient (Wildman–Crippen LogP) is 1.98. The molecule has 26 heteroatoms. The fourth-order valence-electron chi connectivity index (χ4n) is 2.48. The van der Waals surface area contributed by atoms with E-state index in [4.69, 9.17) is 0 Å². The number of sulfonamides is 1. The van der Waals surface area contributed by atoms with Crippen LogP contribution in [-0.4, -0.2) is 68.4 Å². The van der Waals surface area contributed by atoms with Crippen LogP contribution in [0.5, 0.6) is 0 Å². The van der Waals surface area contributed by atoms with Crippen LogP contribution in [0.2, 0.25) is 0 Å². The maximum absolute atomic E-state index is 14.0. The van der Waals surface area contributed by atoms with Gasteiger partial charge in [0.05, 0.1) is 4.90 Å². The third-order valence-corrected chi connectivity index (χ3v) is 7.12. The van der Waals surface area contributed by atoms with E-state index in [9.17, 15) is 96.0 Å². The van der Waals surface area contributed by atoms with Crippen molar-refractivity contribution >= 4 is 20.1 Å². The Morgan fingerprint density at radius 3 is 1.29 bits per heavy atom. The summed E-state index contributed by atoms with van der Waals surface area (Å²) in [6, 6.07) is 2.24. The molecule has 0 radical (unpaired) electrons. The molecule has 1 rings (SSSR count). The molecule has 0 fully saturated rings. The Morgan fingerprint density at radius 1 is 0.585 bits per heavy atom. The molecule has 0 bridgehead atoms. The van der Waals surface area contributed by atoms with Gasteiger partial charge in [-0.1, -0.05) is 18.2 Å². The first kappa shape index (κ1) is 39.8. The average Bonchev–Trinajstić information content (AvgIpc) is 2.75. The van der Waals surface area contributed by atoms with E-state index in [-0.39, 0.29) is 34.3 Å². The van der Waals surface area contributed by atoms with Crippen LogP contribution in [-0.2, 0) is 26.7 Å². The van der Waals surface area contributed by atoms with Crippen molar-refractivity contribution in [1.29, 1.82) is 0 Å². The van der Waals surface area contributed by atoms with Crippen LogP contribution in [0.3, 0.4) is 0 Å². The Bertz CT molecular complexity index is 1330. The van der Waals surface area contributed by atoms with Gasteiger partial charge in [-0.2, -0.15) is 74.6 Å². The first-order chi connectivity index (χ1) is 17.2. The molecule has 0 spiro atoms. The van der Waals surface area contributed by atoms with E-state index >= 15 is 0 Å². The number of hydrogen-bond acceptors (Lipinski definition) is 5. The molecule has 0 heterocycles. The molecule has 0 aliphatic rings. The molecule has 0 unspecified atom stereocenters. The number of halogens is 17. The maximum Gasteiger partial charge on any atom is 1.00 e. The Morgan fingerprint density at radius 2 is 0.927 bits per heavy atom. The third-order valence-electron chi connectivity index (χ3n) is 4.73. The third kappa shape index (κ3) is 5.99. The molecule has 234 valence electrons. The van der Waals surface area contributed by atoms with Crippen molar-refractivity contribution in [2.45, 2.75) is 58.4 Å². The molecule has 1 aromatic carbocycles. The minimum absolute atomic E-state index is 0. The molecule has 0 aliphatic heterocycles. The molecule has 1 aromatic rings. The quantitative estimate of drug-likeness (QED) is 0.218. The van der Waals surface area contributed by atoms with Gasteiger partial charge in [0.2, 0.25) is 0 Å². The van der Waals surface area contributed by atoms with Crippen molar-refractivity contribution in [3.8, 4) is 0 Å². The molecule has 0 atom stereocenters. The molecule has 6 nitrogen and oxygen atoms in total. The normalized spacial score (nSPS) is 15.5. The van der Waals surface area contributed by atoms with Gasteiger partial charge in [-0.05, 0) is 11.6 Å². The first-order valence-corrected chi connectivity index (χ1v) is 11.8. The Hall–Kier alpha value is -1.15. The summed E-state index contributed by atoms with van der Waals surface area (Å²) in [7, 11) is -13.3. The zero-order valence-corrected chi connectivity index (χ0v) is 22.4. The second-order valence-corrected chi connectivity index (χ2v) is 10.5. The summed E-state index contributed by atoms with van der Waals surface area (Å²) in [4.78, 5) is -1.46. The van der Waals surface area contributed by atoms with Crippen LogP contribution in [0.1, 0.15) is 5.56 Å². The first-order valence-electron chi connectivity index (χ1n) is 8.94. The van der Waals surface area contributed by atoms with Gasteiger partial charge >= 0.3 is 76.5 Å². The topological polar surface area (TPSA) is 103 Å². The van der Waals surface area contributed by atoms with Gasteiger partial charge in [-0.15, -0.1) is 0 Å². The van der Waals surface area contributed by atoms with Crippen molar-refractivity contribution < 1.29 is 126 Å². The fourth-order valence-corrected chi connectivity index (χ4v) is 4.17. The molecular weight excluding hydrogens is 684 g/mol. The van der Waals surface area contributed by atoms with E-state index < -0.39 is 84.1 Å². The Balaban J connectivity index is 0.0000160. The van der Waals surface area contributed by atoms with Crippen LogP contribution in [0.4, 0.5) is 74.6 Å². The fraction of sp³-hybridized carbons (Fsp3) is 0.600. The van der Waals surface area contributed by atoms with Crippen LogP contribution in [0.15, 0.2) is 29.2 Å². The van der Waals surface area contributed by atoms with Gasteiger partial charge < -0.3 is 4.55 Å². The van der Waals surface area contributed by atoms with E-state index in [0.29, 0.717) is 12.1 Å². The van der Waals surface area contributed by atoms with Gasteiger partial charge in [-0.25, -0.2) is 21.6 Å². The Labute approximate surface area is 238 Å². The van der Waals surface area contributed by atoms with Gasteiger partial charge in [0.1, 0.15) is 10.1 Å². The van der Waals surface area contributed by atoms with Gasteiger partial charge in [-0.3, -0.25) is 0 Å². The van der Waals surface area contributed by atoms with Crippen LogP contribution < -0.4 is 34.3 Å².